The lowest BCUT2D eigenvalue weighted by Gasteiger charge is -2.03. The molecule has 0 aromatic carbocycles. The van der Waals surface area contributed by atoms with Gasteiger partial charge in [0.1, 0.15) is 4.92 Å². The lowest BCUT2D eigenvalue weighted by molar-refractivity contribution is -0.621. The first-order valence-corrected chi connectivity index (χ1v) is 2.98. The zero-order chi connectivity index (χ0) is 9.07. The molecule has 64 valence electrons. The van der Waals surface area contributed by atoms with E-state index >= 15 is 0 Å². The summed E-state index contributed by atoms with van der Waals surface area (Å²) in [6.07, 6.45) is -0.282. The standard InChI is InChI=1S/C5H7F2NO3/c1-2-3-4(9)5(6,7)8(10)11/h2-3H2,1H3. The Balaban J connectivity index is 4.30. The summed E-state index contributed by atoms with van der Waals surface area (Å²) in [6.45, 7) is 1.49. The summed E-state index contributed by atoms with van der Waals surface area (Å²) in [7, 11) is 0. The molecule has 0 fully saturated rings. The Labute approximate surface area is 61.3 Å². The largest absolute Gasteiger partial charge is 0.573 e. The van der Waals surface area contributed by atoms with Crippen LogP contribution in [0.15, 0.2) is 0 Å². The smallest absolute Gasteiger partial charge is 0.284 e. The molecule has 0 radical (unpaired) electrons. The van der Waals surface area contributed by atoms with Crippen LogP contribution in [0.3, 0.4) is 0 Å². The van der Waals surface area contributed by atoms with Crippen LogP contribution in [0.1, 0.15) is 19.8 Å². The van der Waals surface area contributed by atoms with E-state index in [0.717, 1.165) is 0 Å². The van der Waals surface area contributed by atoms with Gasteiger partial charge in [0.05, 0.1) is 0 Å². The van der Waals surface area contributed by atoms with Crippen molar-refractivity contribution in [2.75, 3.05) is 0 Å². The molecule has 0 aromatic heterocycles. The van der Waals surface area contributed by atoms with Crippen LogP contribution in [0.5, 0.6) is 0 Å². The van der Waals surface area contributed by atoms with Crippen LogP contribution in [-0.2, 0) is 4.79 Å². The van der Waals surface area contributed by atoms with E-state index in [1.54, 1.807) is 0 Å². The third-order valence-corrected chi connectivity index (χ3v) is 1.04. The predicted molar refractivity (Wildman–Crippen MR) is 31.9 cm³/mol. The number of Topliss-reactive ketones (excluding diaryl/α,β-unsaturated/α-hetero) is 1. The van der Waals surface area contributed by atoms with Gasteiger partial charge in [-0.15, -0.1) is 8.78 Å². The van der Waals surface area contributed by atoms with Gasteiger partial charge >= 0.3 is 6.05 Å². The fraction of sp³-hybridized carbons (Fsp3) is 0.800. The van der Waals surface area contributed by atoms with E-state index in [4.69, 9.17) is 0 Å². The number of hydrogen-bond donors (Lipinski definition) is 0. The Morgan fingerprint density at radius 2 is 2.09 bits per heavy atom. The fourth-order valence-electron chi connectivity index (χ4n) is 0.479. The number of nitrogens with zero attached hydrogens (tertiary/aromatic N) is 1. The highest BCUT2D eigenvalue weighted by atomic mass is 19.3. The molecule has 0 atom stereocenters. The molecule has 0 aromatic rings. The lowest BCUT2D eigenvalue weighted by Crippen LogP contribution is -2.36. The molecule has 0 N–H and O–H groups in total. The fourth-order valence-corrected chi connectivity index (χ4v) is 0.479. The third kappa shape index (κ3) is 2.21. The molecule has 0 saturated heterocycles. The van der Waals surface area contributed by atoms with Gasteiger partial charge in [-0.3, -0.25) is 14.9 Å². The summed E-state index contributed by atoms with van der Waals surface area (Å²) in [6, 6.07) is -4.41. The van der Waals surface area contributed by atoms with Crippen molar-refractivity contribution in [3.8, 4) is 0 Å². The van der Waals surface area contributed by atoms with Crippen LogP contribution in [-0.4, -0.2) is 16.8 Å². The van der Waals surface area contributed by atoms with Gasteiger partial charge in [-0.2, -0.15) is 0 Å². The zero-order valence-electron chi connectivity index (χ0n) is 5.84. The normalized spacial score (nSPS) is 11.2. The molecular weight excluding hydrogens is 160 g/mol. The van der Waals surface area contributed by atoms with Crippen molar-refractivity contribution in [2.24, 2.45) is 0 Å². The van der Waals surface area contributed by atoms with Gasteiger partial charge in [0.15, 0.2) is 0 Å². The van der Waals surface area contributed by atoms with Crippen molar-refractivity contribution in [3.05, 3.63) is 10.1 Å². The highest BCUT2D eigenvalue weighted by Gasteiger charge is 2.51. The van der Waals surface area contributed by atoms with Crippen molar-refractivity contribution in [3.63, 3.8) is 0 Å². The number of alkyl halides is 2. The molecule has 0 aliphatic heterocycles. The Morgan fingerprint density at radius 3 is 2.36 bits per heavy atom. The maximum atomic E-state index is 12.1. The van der Waals surface area contributed by atoms with Crippen molar-refractivity contribution < 1.29 is 18.5 Å². The molecule has 0 spiro atoms. The molecular formula is C5H7F2NO3. The topological polar surface area (TPSA) is 60.2 Å². The van der Waals surface area contributed by atoms with E-state index in [9.17, 15) is 23.7 Å². The van der Waals surface area contributed by atoms with Gasteiger partial charge in [0, 0.05) is 6.42 Å². The highest BCUT2D eigenvalue weighted by Crippen LogP contribution is 2.17. The summed E-state index contributed by atoms with van der Waals surface area (Å²) in [4.78, 5) is 18.0. The zero-order valence-corrected chi connectivity index (χ0v) is 5.84. The molecule has 0 rings (SSSR count). The maximum Gasteiger partial charge on any atom is 0.573 e. The quantitative estimate of drug-likeness (QED) is 0.359. The number of ketones is 1. The molecule has 0 heterocycles. The van der Waals surface area contributed by atoms with Gasteiger partial charge < -0.3 is 0 Å². The van der Waals surface area contributed by atoms with Crippen LogP contribution in [0.25, 0.3) is 0 Å². The Bertz CT molecular complexity index is 181. The van der Waals surface area contributed by atoms with Crippen LogP contribution in [0, 0.1) is 10.1 Å². The number of nitro groups is 1. The number of hydrogen-bond acceptors (Lipinski definition) is 3. The molecule has 4 nitrogen and oxygen atoms in total. The second-order valence-corrected chi connectivity index (χ2v) is 1.97. The Hall–Kier alpha value is -1.07. The minimum absolute atomic E-state index is 0.183. The number of carbonyl (C=O) groups is 1. The second kappa shape index (κ2) is 3.36. The van der Waals surface area contributed by atoms with Gasteiger partial charge in [0.2, 0.25) is 0 Å². The highest BCUT2D eigenvalue weighted by molar-refractivity contribution is 5.83. The van der Waals surface area contributed by atoms with Crippen molar-refractivity contribution in [1.29, 1.82) is 0 Å². The minimum Gasteiger partial charge on any atom is -0.284 e. The SMILES string of the molecule is CCCC(=O)C(F)(F)[N+](=O)[O-]. The lowest BCUT2D eigenvalue weighted by atomic mass is 10.2. The minimum atomic E-state index is -4.41. The van der Waals surface area contributed by atoms with Crippen LogP contribution >= 0.6 is 0 Å². The molecule has 0 amide bonds. The van der Waals surface area contributed by atoms with Crippen molar-refractivity contribution in [2.45, 2.75) is 25.8 Å². The van der Waals surface area contributed by atoms with Gasteiger partial charge in [0.25, 0.3) is 5.78 Å². The third-order valence-electron chi connectivity index (χ3n) is 1.04. The molecule has 0 aliphatic carbocycles. The molecule has 0 unspecified atom stereocenters. The van der Waals surface area contributed by atoms with E-state index in [0.29, 0.717) is 0 Å². The first-order valence-electron chi connectivity index (χ1n) is 2.98. The first kappa shape index (κ1) is 9.93. The molecule has 0 aliphatic rings. The van der Waals surface area contributed by atoms with E-state index in [1.807, 2.05) is 0 Å². The summed E-state index contributed by atoms with van der Waals surface area (Å²) in [5, 5.41) is 9.57. The summed E-state index contributed by atoms with van der Waals surface area (Å²) >= 11 is 0. The summed E-state index contributed by atoms with van der Waals surface area (Å²) < 4.78 is 24.2. The monoisotopic (exact) mass is 167 g/mol. The number of carbonyl (C=O) groups excluding carboxylic acids is 1. The summed E-state index contributed by atoms with van der Waals surface area (Å²) in [5.74, 6) is -1.63. The van der Waals surface area contributed by atoms with Crippen molar-refractivity contribution >= 4 is 5.78 Å². The maximum absolute atomic E-state index is 12.1. The van der Waals surface area contributed by atoms with Crippen molar-refractivity contribution in [1.82, 2.24) is 0 Å². The van der Waals surface area contributed by atoms with Crippen LogP contribution in [0.4, 0.5) is 8.78 Å². The van der Waals surface area contributed by atoms with E-state index in [2.05, 4.69) is 0 Å². The average molecular weight is 167 g/mol. The van der Waals surface area contributed by atoms with E-state index < -0.39 is 23.2 Å². The molecule has 0 saturated carbocycles. The predicted octanol–water partition coefficient (Wildman–Crippen LogP) is 1.23. The van der Waals surface area contributed by atoms with E-state index in [-0.39, 0.29) is 6.42 Å². The molecule has 0 bridgehead atoms. The van der Waals surface area contributed by atoms with Crippen LogP contribution < -0.4 is 0 Å². The first-order chi connectivity index (χ1) is 4.92. The van der Waals surface area contributed by atoms with E-state index in [1.165, 1.54) is 6.92 Å². The summed E-state index contributed by atoms with van der Waals surface area (Å²) in [5.41, 5.74) is 0. The molecule has 11 heavy (non-hydrogen) atoms. The number of rotatable bonds is 4. The van der Waals surface area contributed by atoms with Crippen LogP contribution in [0.2, 0.25) is 0 Å². The average Bonchev–Trinajstić information content (AvgIpc) is 1.88. The van der Waals surface area contributed by atoms with Gasteiger partial charge in [-0.1, -0.05) is 6.92 Å². The van der Waals surface area contributed by atoms with Gasteiger partial charge in [-0.25, -0.2) is 0 Å². The van der Waals surface area contributed by atoms with Gasteiger partial charge in [-0.05, 0) is 6.42 Å². The number of halogens is 2. The Morgan fingerprint density at radius 1 is 1.64 bits per heavy atom. The second-order valence-electron chi connectivity index (χ2n) is 1.97. The molecule has 6 heteroatoms. The Kier molecular flexibility index (Phi) is 3.03.